The maximum atomic E-state index is 11.6. The number of amides is 1. The molecule has 1 fully saturated rings. The fourth-order valence-corrected chi connectivity index (χ4v) is 2.22. The van der Waals surface area contributed by atoms with Gasteiger partial charge in [0.1, 0.15) is 0 Å². The third-order valence-corrected chi connectivity index (χ3v) is 3.21. The van der Waals surface area contributed by atoms with Crippen molar-refractivity contribution in [3.63, 3.8) is 0 Å². The van der Waals surface area contributed by atoms with Crippen molar-refractivity contribution in [2.24, 2.45) is 11.7 Å². The van der Waals surface area contributed by atoms with Crippen LogP contribution in [0, 0.1) is 5.92 Å². The van der Waals surface area contributed by atoms with E-state index in [2.05, 4.69) is 5.32 Å². The Morgan fingerprint density at radius 1 is 1.31 bits per heavy atom. The number of hydrogen-bond donors (Lipinski definition) is 2. The van der Waals surface area contributed by atoms with Crippen LogP contribution in [0.25, 0.3) is 0 Å². The molecule has 3 nitrogen and oxygen atoms in total. The second-order valence-electron chi connectivity index (χ2n) is 4.77. The molecule has 96 valence electrons. The summed E-state index contributed by atoms with van der Waals surface area (Å²) in [6, 6.07) is 0.114. The van der Waals surface area contributed by atoms with Gasteiger partial charge in [0.25, 0.3) is 0 Å². The molecule has 1 rings (SSSR count). The molecule has 0 spiro atoms. The lowest BCUT2D eigenvalue weighted by molar-refractivity contribution is -0.122. The predicted octanol–water partition coefficient (Wildman–Crippen LogP) is 2.23. The lowest BCUT2D eigenvalue weighted by Crippen LogP contribution is -2.38. The topological polar surface area (TPSA) is 55.1 Å². The quantitative estimate of drug-likeness (QED) is 0.750. The number of carbonyl (C=O) groups is 1. The van der Waals surface area contributed by atoms with Gasteiger partial charge in [-0.2, -0.15) is 0 Å². The number of carbonyl (C=O) groups excluding carboxylic acids is 1. The van der Waals surface area contributed by atoms with Crippen LogP contribution < -0.4 is 11.1 Å². The Bertz CT molecular complexity index is 191. The summed E-state index contributed by atoms with van der Waals surface area (Å²) >= 11 is 0. The van der Waals surface area contributed by atoms with Crippen molar-refractivity contribution >= 4 is 18.3 Å². The highest BCUT2D eigenvalue weighted by molar-refractivity contribution is 5.85. The minimum Gasteiger partial charge on any atom is -0.352 e. The molecule has 1 aliphatic carbocycles. The molecule has 0 radical (unpaired) electrons. The number of hydrogen-bond acceptors (Lipinski definition) is 2. The van der Waals surface area contributed by atoms with E-state index >= 15 is 0 Å². The van der Waals surface area contributed by atoms with Gasteiger partial charge in [-0.3, -0.25) is 4.79 Å². The van der Waals surface area contributed by atoms with Crippen molar-refractivity contribution in [1.82, 2.24) is 5.32 Å². The maximum Gasteiger partial charge on any atom is 0.220 e. The molecule has 0 bridgehead atoms. The van der Waals surface area contributed by atoms with Gasteiger partial charge in [-0.05, 0) is 25.7 Å². The molecule has 0 unspecified atom stereocenters. The van der Waals surface area contributed by atoms with E-state index in [4.69, 9.17) is 5.73 Å². The van der Waals surface area contributed by atoms with Crippen LogP contribution in [-0.4, -0.2) is 18.5 Å². The first-order chi connectivity index (χ1) is 7.22. The average Bonchev–Trinajstić information content (AvgIpc) is 2.46. The molecule has 0 aromatic rings. The highest BCUT2D eigenvalue weighted by Crippen LogP contribution is 2.25. The molecule has 1 atom stereocenters. The maximum absolute atomic E-state index is 11.6. The Kier molecular flexibility index (Phi) is 8.67. The van der Waals surface area contributed by atoms with Gasteiger partial charge in [-0.15, -0.1) is 12.4 Å². The summed E-state index contributed by atoms with van der Waals surface area (Å²) in [6.45, 7) is 2.47. The van der Waals surface area contributed by atoms with Crippen LogP contribution in [-0.2, 0) is 4.79 Å². The highest BCUT2D eigenvalue weighted by Gasteiger charge is 2.16. The molecule has 0 aliphatic heterocycles. The van der Waals surface area contributed by atoms with Crippen LogP contribution in [0.15, 0.2) is 0 Å². The zero-order chi connectivity index (χ0) is 11.1. The number of nitrogens with two attached hydrogens (primary N) is 1. The zero-order valence-corrected chi connectivity index (χ0v) is 11.0. The van der Waals surface area contributed by atoms with Gasteiger partial charge in [0, 0.05) is 19.0 Å². The first-order valence-corrected chi connectivity index (χ1v) is 6.21. The molecule has 0 saturated heterocycles. The van der Waals surface area contributed by atoms with Gasteiger partial charge >= 0.3 is 0 Å². The molecule has 0 aromatic heterocycles. The summed E-state index contributed by atoms with van der Waals surface area (Å²) in [7, 11) is 0. The monoisotopic (exact) mass is 248 g/mol. The van der Waals surface area contributed by atoms with Crippen LogP contribution in [0.5, 0.6) is 0 Å². The minimum atomic E-state index is 0. The van der Waals surface area contributed by atoms with Crippen LogP contribution in [0.4, 0.5) is 0 Å². The third kappa shape index (κ3) is 6.33. The van der Waals surface area contributed by atoms with Gasteiger partial charge in [-0.25, -0.2) is 0 Å². The van der Waals surface area contributed by atoms with Crippen LogP contribution in [0.2, 0.25) is 0 Å². The van der Waals surface area contributed by atoms with Gasteiger partial charge in [-0.1, -0.05) is 25.7 Å². The second kappa shape index (κ2) is 8.82. The lowest BCUT2D eigenvalue weighted by atomic mass is 9.96. The molecular weight excluding hydrogens is 224 g/mol. The van der Waals surface area contributed by atoms with Crippen molar-refractivity contribution in [2.45, 2.75) is 57.9 Å². The number of rotatable bonds is 4. The van der Waals surface area contributed by atoms with Crippen LogP contribution >= 0.6 is 12.4 Å². The smallest absolute Gasteiger partial charge is 0.220 e. The van der Waals surface area contributed by atoms with Crippen molar-refractivity contribution in [3.8, 4) is 0 Å². The summed E-state index contributed by atoms with van der Waals surface area (Å²) in [5.74, 6) is 0.789. The molecule has 4 heteroatoms. The van der Waals surface area contributed by atoms with Gasteiger partial charge < -0.3 is 11.1 Å². The SMILES string of the molecule is C[C@@H](CN)NC(=O)CC1CCCCCC1.Cl. The fraction of sp³-hybridized carbons (Fsp3) is 0.917. The lowest BCUT2D eigenvalue weighted by Gasteiger charge is -2.16. The van der Waals surface area contributed by atoms with E-state index in [1.807, 2.05) is 6.92 Å². The zero-order valence-electron chi connectivity index (χ0n) is 10.2. The van der Waals surface area contributed by atoms with Crippen molar-refractivity contribution in [2.75, 3.05) is 6.54 Å². The largest absolute Gasteiger partial charge is 0.352 e. The molecule has 3 N–H and O–H groups in total. The Hall–Kier alpha value is -0.280. The summed E-state index contributed by atoms with van der Waals surface area (Å²) in [5.41, 5.74) is 5.46. The summed E-state index contributed by atoms with van der Waals surface area (Å²) in [6.07, 6.45) is 8.43. The van der Waals surface area contributed by atoms with Gasteiger partial charge in [0.15, 0.2) is 0 Å². The van der Waals surface area contributed by atoms with Crippen molar-refractivity contribution < 1.29 is 4.79 Å². The first-order valence-electron chi connectivity index (χ1n) is 6.21. The average molecular weight is 249 g/mol. The molecule has 16 heavy (non-hydrogen) atoms. The number of halogens is 1. The van der Waals surface area contributed by atoms with E-state index in [0.717, 1.165) is 0 Å². The van der Waals surface area contributed by atoms with Gasteiger partial charge in [0.05, 0.1) is 0 Å². The van der Waals surface area contributed by atoms with E-state index < -0.39 is 0 Å². The third-order valence-electron chi connectivity index (χ3n) is 3.21. The number of nitrogens with one attached hydrogen (secondary N) is 1. The summed E-state index contributed by atoms with van der Waals surface area (Å²) in [4.78, 5) is 11.6. The normalized spacial score (nSPS) is 19.4. The minimum absolute atomic E-state index is 0. The van der Waals surface area contributed by atoms with E-state index in [1.165, 1.54) is 38.5 Å². The van der Waals surface area contributed by atoms with Crippen LogP contribution in [0.3, 0.4) is 0 Å². The summed E-state index contributed by atoms with van der Waals surface area (Å²) in [5, 5.41) is 2.93. The predicted molar refractivity (Wildman–Crippen MR) is 69.7 cm³/mol. The Morgan fingerprint density at radius 2 is 1.88 bits per heavy atom. The Balaban J connectivity index is 0.00000225. The van der Waals surface area contributed by atoms with Crippen molar-refractivity contribution in [3.05, 3.63) is 0 Å². The fourth-order valence-electron chi connectivity index (χ4n) is 2.22. The Labute approximate surface area is 105 Å². The van der Waals surface area contributed by atoms with Crippen molar-refractivity contribution in [1.29, 1.82) is 0 Å². The molecule has 1 amide bonds. The Morgan fingerprint density at radius 3 is 2.38 bits per heavy atom. The second-order valence-corrected chi connectivity index (χ2v) is 4.77. The first kappa shape index (κ1) is 15.7. The molecular formula is C12H25ClN2O. The highest BCUT2D eigenvalue weighted by atomic mass is 35.5. The van der Waals surface area contributed by atoms with E-state index in [-0.39, 0.29) is 24.4 Å². The van der Waals surface area contributed by atoms with E-state index in [1.54, 1.807) is 0 Å². The standard InChI is InChI=1S/C12H24N2O.ClH/c1-10(9-13)14-12(15)8-11-6-4-2-3-5-7-11;/h10-11H,2-9,13H2,1H3,(H,14,15);1H/t10-;/m0./s1. The summed E-state index contributed by atoms with van der Waals surface area (Å²) < 4.78 is 0. The van der Waals surface area contributed by atoms with Crippen LogP contribution in [0.1, 0.15) is 51.9 Å². The molecule has 1 aliphatic rings. The van der Waals surface area contributed by atoms with E-state index in [9.17, 15) is 4.79 Å². The van der Waals surface area contributed by atoms with Gasteiger partial charge in [0.2, 0.25) is 5.91 Å². The molecule has 0 heterocycles. The molecule has 1 saturated carbocycles. The molecule has 0 aromatic carbocycles. The van der Waals surface area contributed by atoms with E-state index in [0.29, 0.717) is 18.9 Å².